The van der Waals surface area contributed by atoms with Crippen molar-refractivity contribution < 1.29 is 4.79 Å². The van der Waals surface area contributed by atoms with Crippen LogP contribution in [0.4, 0.5) is 0 Å². The number of pyridine rings is 1. The summed E-state index contributed by atoms with van der Waals surface area (Å²) in [4.78, 5) is 25.8. The summed E-state index contributed by atoms with van der Waals surface area (Å²) in [5.74, 6) is 1.01. The van der Waals surface area contributed by atoms with E-state index in [0.717, 1.165) is 30.9 Å². The van der Waals surface area contributed by atoms with Crippen molar-refractivity contribution in [3.63, 3.8) is 0 Å². The number of rotatable bonds is 3. The molecule has 1 unspecified atom stereocenters. The molecule has 1 aliphatic heterocycles. The first-order valence-corrected chi connectivity index (χ1v) is 8.02. The maximum absolute atomic E-state index is 12.9. The van der Waals surface area contributed by atoms with Crippen LogP contribution >= 0.6 is 0 Å². The molecule has 1 amide bonds. The Morgan fingerprint density at radius 1 is 1.26 bits per heavy atom. The van der Waals surface area contributed by atoms with Crippen LogP contribution in [-0.4, -0.2) is 56.9 Å². The summed E-state index contributed by atoms with van der Waals surface area (Å²) in [5.41, 5.74) is 1.59. The summed E-state index contributed by atoms with van der Waals surface area (Å²) in [6.07, 6.45) is 6.25. The largest absolute Gasteiger partial charge is 0.337 e. The predicted octanol–water partition coefficient (Wildman–Crippen LogP) is 1.51. The monoisotopic (exact) mass is 313 g/mol. The normalized spacial score (nSPS) is 19.1. The average molecular weight is 313 g/mol. The second kappa shape index (κ2) is 6.50. The quantitative estimate of drug-likeness (QED) is 0.862. The van der Waals surface area contributed by atoms with Gasteiger partial charge in [-0.15, -0.1) is 0 Å². The van der Waals surface area contributed by atoms with Gasteiger partial charge in [0.15, 0.2) is 0 Å². The number of amides is 1. The van der Waals surface area contributed by atoms with E-state index in [1.165, 1.54) is 0 Å². The van der Waals surface area contributed by atoms with E-state index in [1.807, 2.05) is 34.8 Å². The first-order chi connectivity index (χ1) is 11.1. The van der Waals surface area contributed by atoms with Gasteiger partial charge in [-0.25, -0.2) is 4.98 Å². The van der Waals surface area contributed by atoms with Gasteiger partial charge in [-0.1, -0.05) is 13.0 Å². The standard InChI is InChI=1S/C17H23N5O/c1-4-13-6-5-7-18-15(13)17(23)22-11-10-20(2)14(12-22)16-19-8-9-21(16)3/h5-9,14H,4,10-12H2,1-3H3. The number of nitrogens with zero attached hydrogens (tertiary/aromatic N) is 5. The highest BCUT2D eigenvalue weighted by Crippen LogP contribution is 2.23. The third-order valence-corrected chi connectivity index (χ3v) is 4.57. The van der Waals surface area contributed by atoms with Crippen LogP contribution in [0.2, 0.25) is 0 Å². The minimum atomic E-state index is 0.0229. The zero-order valence-electron chi connectivity index (χ0n) is 13.9. The van der Waals surface area contributed by atoms with Crippen LogP contribution in [0.3, 0.4) is 0 Å². The van der Waals surface area contributed by atoms with E-state index >= 15 is 0 Å². The number of aryl methyl sites for hydroxylation is 2. The maximum atomic E-state index is 12.9. The minimum absolute atomic E-state index is 0.0229. The Balaban J connectivity index is 1.84. The predicted molar refractivity (Wildman–Crippen MR) is 88.1 cm³/mol. The van der Waals surface area contributed by atoms with Crippen LogP contribution in [0.1, 0.15) is 34.8 Å². The van der Waals surface area contributed by atoms with E-state index in [4.69, 9.17) is 0 Å². The van der Waals surface area contributed by atoms with Gasteiger partial charge < -0.3 is 9.47 Å². The first-order valence-electron chi connectivity index (χ1n) is 8.02. The molecule has 0 spiro atoms. The van der Waals surface area contributed by atoms with E-state index in [9.17, 15) is 4.79 Å². The van der Waals surface area contributed by atoms with E-state index in [1.54, 1.807) is 12.4 Å². The Hall–Kier alpha value is -2.21. The smallest absolute Gasteiger partial charge is 0.272 e. The van der Waals surface area contributed by atoms with Gasteiger partial charge in [-0.2, -0.15) is 0 Å². The molecule has 1 saturated heterocycles. The molecule has 6 nitrogen and oxygen atoms in total. The number of carbonyl (C=O) groups excluding carboxylic acids is 1. The maximum Gasteiger partial charge on any atom is 0.272 e. The van der Waals surface area contributed by atoms with Gasteiger partial charge in [0, 0.05) is 45.3 Å². The second-order valence-corrected chi connectivity index (χ2v) is 6.01. The molecule has 3 rings (SSSR count). The molecule has 6 heteroatoms. The number of hydrogen-bond acceptors (Lipinski definition) is 4. The molecule has 2 aromatic heterocycles. The summed E-state index contributed by atoms with van der Waals surface area (Å²) in [6, 6.07) is 3.98. The number of likely N-dealkylation sites (N-methyl/N-ethyl adjacent to an activating group) is 1. The van der Waals surface area contributed by atoms with Crippen molar-refractivity contribution in [3.8, 4) is 0 Å². The van der Waals surface area contributed by atoms with Gasteiger partial charge in [0.2, 0.25) is 0 Å². The molecule has 0 radical (unpaired) electrons. The number of imidazole rings is 1. The fourth-order valence-electron chi connectivity index (χ4n) is 3.10. The molecule has 0 aliphatic carbocycles. The van der Waals surface area contributed by atoms with Gasteiger partial charge in [0.25, 0.3) is 5.91 Å². The summed E-state index contributed by atoms with van der Waals surface area (Å²) < 4.78 is 2.02. The van der Waals surface area contributed by atoms with Crippen molar-refractivity contribution in [2.45, 2.75) is 19.4 Å². The van der Waals surface area contributed by atoms with E-state index in [0.29, 0.717) is 12.2 Å². The fraction of sp³-hybridized carbons (Fsp3) is 0.471. The zero-order valence-corrected chi connectivity index (χ0v) is 13.9. The van der Waals surface area contributed by atoms with Crippen LogP contribution in [-0.2, 0) is 13.5 Å². The molecular weight excluding hydrogens is 290 g/mol. The number of piperazine rings is 1. The average Bonchev–Trinajstić information content (AvgIpc) is 3.00. The lowest BCUT2D eigenvalue weighted by Crippen LogP contribution is -2.49. The van der Waals surface area contributed by atoms with Crippen LogP contribution in [0, 0.1) is 0 Å². The summed E-state index contributed by atoms with van der Waals surface area (Å²) in [5, 5.41) is 0. The number of carbonyl (C=O) groups is 1. The van der Waals surface area contributed by atoms with Crippen molar-refractivity contribution in [1.29, 1.82) is 0 Å². The molecular formula is C17H23N5O. The lowest BCUT2D eigenvalue weighted by atomic mass is 10.1. The van der Waals surface area contributed by atoms with E-state index in [2.05, 4.69) is 28.8 Å². The molecule has 1 atom stereocenters. The first kappa shape index (κ1) is 15.7. The Bertz CT molecular complexity index is 696. The highest BCUT2D eigenvalue weighted by molar-refractivity contribution is 5.93. The SMILES string of the molecule is CCc1cccnc1C(=O)N1CCN(C)C(c2nccn2C)C1. The van der Waals surface area contributed by atoms with E-state index < -0.39 is 0 Å². The summed E-state index contributed by atoms with van der Waals surface area (Å²) in [7, 11) is 4.07. The molecule has 1 fully saturated rings. The van der Waals surface area contributed by atoms with Crippen LogP contribution < -0.4 is 0 Å². The molecule has 0 N–H and O–H groups in total. The van der Waals surface area contributed by atoms with Gasteiger partial charge >= 0.3 is 0 Å². The minimum Gasteiger partial charge on any atom is -0.337 e. The molecule has 23 heavy (non-hydrogen) atoms. The van der Waals surface area contributed by atoms with Gasteiger partial charge in [0.1, 0.15) is 11.5 Å². The number of aromatic nitrogens is 3. The second-order valence-electron chi connectivity index (χ2n) is 6.01. The third kappa shape index (κ3) is 2.99. The summed E-state index contributed by atoms with van der Waals surface area (Å²) in [6.45, 7) is 4.24. The van der Waals surface area contributed by atoms with Crippen LogP contribution in [0.15, 0.2) is 30.7 Å². The third-order valence-electron chi connectivity index (χ3n) is 4.57. The lowest BCUT2D eigenvalue weighted by molar-refractivity contribution is 0.0522. The van der Waals surface area contributed by atoms with Crippen molar-refractivity contribution >= 4 is 5.91 Å². The molecule has 0 bridgehead atoms. The Kier molecular flexibility index (Phi) is 4.43. The lowest BCUT2D eigenvalue weighted by Gasteiger charge is -2.39. The van der Waals surface area contributed by atoms with E-state index in [-0.39, 0.29) is 11.9 Å². The van der Waals surface area contributed by atoms with Crippen LogP contribution in [0.5, 0.6) is 0 Å². The fourth-order valence-corrected chi connectivity index (χ4v) is 3.10. The van der Waals surface area contributed by atoms with Crippen molar-refractivity contribution in [3.05, 3.63) is 47.8 Å². The zero-order chi connectivity index (χ0) is 16.4. The Labute approximate surface area is 136 Å². The molecule has 2 aromatic rings. The Morgan fingerprint density at radius 3 is 2.78 bits per heavy atom. The molecule has 122 valence electrons. The number of hydrogen-bond donors (Lipinski definition) is 0. The molecule has 3 heterocycles. The van der Waals surface area contributed by atoms with Gasteiger partial charge in [0.05, 0.1) is 6.04 Å². The topological polar surface area (TPSA) is 54.3 Å². The highest BCUT2D eigenvalue weighted by atomic mass is 16.2. The summed E-state index contributed by atoms with van der Waals surface area (Å²) >= 11 is 0. The van der Waals surface area contributed by atoms with Gasteiger partial charge in [-0.05, 0) is 25.1 Å². The van der Waals surface area contributed by atoms with Crippen molar-refractivity contribution in [2.75, 3.05) is 26.7 Å². The molecule has 1 aliphatic rings. The Morgan fingerprint density at radius 2 is 2.09 bits per heavy atom. The highest BCUT2D eigenvalue weighted by Gasteiger charge is 2.32. The van der Waals surface area contributed by atoms with Gasteiger partial charge in [-0.3, -0.25) is 14.7 Å². The molecule has 0 aromatic carbocycles. The van der Waals surface area contributed by atoms with Crippen molar-refractivity contribution in [1.82, 2.24) is 24.3 Å². The van der Waals surface area contributed by atoms with Crippen LogP contribution in [0.25, 0.3) is 0 Å². The van der Waals surface area contributed by atoms with Crippen molar-refractivity contribution in [2.24, 2.45) is 7.05 Å². The molecule has 0 saturated carbocycles.